The zero-order valence-electron chi connectivity index (χ0n) is 13.6. The van der Waals surface area contributed by atoms with E-state index >= 15 is 0 Å². The smallest absolute Gasteiger partial charge is 0.230 e. The lowest BCUT2D eigenvalue weighted by atomic mass is 10.1. The van der Waals surface area contributed by atoms with Crippen LogP contribution in [0.5, 0.6) is 0 Å². The summed E-state index contributed by atoms with van der Waals surface area (Å²) < 4.78 is 2.02. The molecule has 0 unspecified atom stereocenters. The minimum atomic E-state index is 0.0162. The minimum Gasteiger partial charge on any atom is -0.351 e. The number of amides is 1. The van der Waals surface area contributed by atoms with Gasteiger partial charge in [0.2, 0.25) is 5.91 Å². The number of hydrogen-bond acceptors (Lipinski definition) is 3. The van der Waals surface area contributed by atoms with Crippen LogP contribution in [0.2, 0.25) is 5.02 Å². The standard InChI is InChI=1S/C19H18ClN3OS/c20-17-5-7-18(8-6-17)25-13-19(24)22-11-15-1-3-16(4-2-15)12-23-10-9-21-14-23/h1-10,14H,11-13H2,(H,22,24). The molecule has 3 rings (SSSR count). The number of aromatic nitrogens is 2. The molecule has 0 saturated carbocycles. The first-order chi connectivity index (χ1) is 12.2. The molecule has 1 N–H and O–H groups in total. The topological polar surface area (TPSA) is 46.9 Å². The van der Waals surface area contributed by atoms with Gasteiger partial charge in [-0.2, -0.15) is 0 Å². The Hall–Kier alpha value is -2.24. The molecule has 25 heavy (non-hydrogen) atoms. The van der Waals surface area contributed by atoms with Crippen molar-refractivity contribution in [2.75, 3.05) is 5.75 Å². The van der Waals surface area contributed by atoms with Gasteiger partial charge < -0.3 is 9.88 Å². The van der Waals surface area contributed by atoms with Gasteiger partial charge >= 0.3 is 0 Å². The first-order valence-corrected chi connectivity index (χ1v) is 9.24. The Kier molecular flexibility index (Phi) is 6.14. The third kappa shape index (κ3) is 5.66. The lowest BCUT2D eigenvalue weighted by Crippen LogP contribution is -2.24. The van der Waals surface area contributed by atoms with Crippen LogP contribution in [0, 0.1) is 0 Å². The van der Waals surface area contributed by atoms with Crippen molar-refractivity contribution in [1.82, 2.24) is 14.9 Å². The molecule has 1 heterocycles. The monoisotopic (exact) mass is 371 g/mol. The van der Waals surface area contributed by atoms with Crippen LogP contribution in [0.3, 0.4) is 0 Å². The summed E-state index contributed by atoms with van der Waals surface area (Å²) in [5.74, 6) is 0.405. The zero-order valence-corrected chi connectivity index (χ0v) is 15.1. The summed E-state index contributed by atoms with van der Waals surface area (Å²) in [7, 11) is 0. The molecule has 0 aliphatic carbocycles. The molecule has 128 valence electrons. The van der Waals surface area contributed by atoms with E-state index in [1.807, 2.05) is 47.2 Å². The number of halogens is 1. The highest BCUT2D eigenvalue weighted by Gasteiger charge is 2.03. The first-order valence-electron chi connectivity index (χ1n) is 7.88. The van der Waals surface area contributed by atoms with E-state index in [0.29, 0.717) is 17.3 Å². The quantitative estimate of drug-likeness (QED) is 0.639. The summed E-state index contributed by atoms with van der Waals surface area (Å²) in [6, 6.07) is 15.7. The second-order valence-corrected chi connectivity index (χ2v) is 7.06. The SMILES string of the molecule is O=C(CSc1ccc(Cl)cc1)NCc1ccc(Cn2ccnc2)cc1. The van der Waals surface area contributed by atoms with Gasteiger partial charge in [-0.3, -0.25) is 4.79 Å². The van der Waals surface area contributed by atoms with Crippen molar-refractivity contribution < 1.29 is 4.79 Å². The Morgan fingerprint density at radius 2 is 1.80 bits per heavy atom. The zero-order chi connectivity index (χ0) is 17.5. The van der Waals surface area contributed by atoms with Crippen LogP contribution in [0.25, 0.3) is 0 Å². The third-order valence-electron chi connectivity index (χ3n) is 3.62. The van der Waals surface area contributed by atoms with Gasteiger partial charge in [0.25, 0.3) is 0 Å². The Bertz CT molecular complexity index is 802. The average molecular weight is 372 g/mol. The Morgan fingerprint density at radius 3 is 2.48 bits per heavy atom. The van der Waals surface area contributed by atoms with E-state index in [0.717, 1.165) is 17.0 Å². The Morgan fingerprint density at radius 1 is 1.08 bits per heavy atom. The van der Waals surface area contributed by atoms with Crippen molar-refractivity contribution in [2.24, 2.45) is 0 Å². The van der Waals surface area contributed by atoms with Crippen LogP contribution in [0.15, 0.2) is 72.1 Å². The van der Waals surface area contributed by atoms with Gasteiger partial charge in [0.15, 0.2) is 0 Å². The third-order valence-corrected chi connectivity index (χ3v) is 4.88. The summed E-state index contributed by atoms with van der Waals surface area (Å²) in [6.45, 7) is 1.33. The van der Waals surface area contributed by atoms with E-state index in [2.05, 4.69) is 22.4 Å². The van der Waals surface area contributed by atoms with Gasteiger partial charge in [0.1, 0.15) is 0 Å². The highest BCUT2D eigenvalue weighted by molar-refractivity contribution is 8.00. The number of carbonyl (C=O) groups excluding carboxylic acids is 1. The lowest BCUT2D eigenvalue weighted by molar-refractivity contribution is -0.118. The number of nitrogens with one attached hydrogen (secondary N) is 1. The maximum Gasteiger partial charge on any atom is 0.230 e. The highest BCUT2D eigenvalue weighted by Crippen LogP contribution is 2.20. The molecule has 1 amide bonds. The Balaban J connectivity index is 1.43. The number of benzene rings is 2. The van der Waals surface area contributed by atoms with Crippen LogP contribution in [0.4, 0.5) is 0 Å². The van der Waals surface area contributed by atoms with Gasteiger partial charge in [-0.1, -0.05) is 35.9 Å². The Labute approximate surface area is 156 Å². The number of carbonyl (C=O) groups is 1. The fraction of sp³-hybridized carbons (Fsp3) is 0.158. The number of imidazole rings is 1. The van der Waals surface area contributed by atoms with Gasteiger partial charge in [-0.05, 0) is 35.4 Å². The first kappa shape index (κ1) is 17.6. The molecule has 3 aromatic rings. The van der Waals surface area contributed by atoms with E-state index in [9.17, 15) is 4.79 Å². The molecule has 2 aromatic carbocycles. The van der Waals surface area contributed by atoms with Crippen molar-refractivity contribution in [2.45, 2.75) is 18.0 Å². The van der Waals surface area contributed by atoms with E-state index in [1.165, 1.54) is 17.3 Å². The number of rotatable bonds is 7. The lowest BCUT2D eigenvalue weighted by Gasteiger charge is -2.07. The van der Waals surface area contributed by atoms with E-state index in [-0.39, 0.29) is 5.91 Å². The second-order valence-electron chi connectivity index (χ2n) is 5.57. The number of hydrogen-bond donors (Lipinski definition) is 1. The minimum absolute atomic E-state index is 0.0162. The maximum atomic E-state index is 12.0. The number of thioether (sulfide) groups is 1. The van der Waals surface area contributed by atoms with E-state index in [1.54, 1.807) is 12.5 Å². The van der Waals surface area contributed by atoms with Crippen LogP contribution in [-0.2, 0) is 17.9 Å². The highest BCUT2D eigenvalue weighted by atomic mass is 35.5. The van der Waals surface area contributed by atoms with Crippen molar-refractivity contribution in [3.8, 4) is 0 Å². The molecule has 0 radical (unpaired) electrons. The molecule has 0 fully saturated rings. The largest absolute Gasteiger partial charge is 0.351 e. The van der Waals surface area contributed by atoms with Gasteiger partial charge in [0, 0.05) is 35.4 Å². The second kappa shape index (κ2) is 8.74. The molecule has 0 bridgehead atoms. The molecular weight excluding hydrogens is 354 g/mol. The summed E-state index contributed by atoms with van der Waals surface area (Å²) in [4.78, 5) is 17.0. The fourth-order valence-corrected chi connectivity index (χ4v) is 3.14. The van der Waals surface area contributed by atoms with Crippen LogP contribution in [0.1, 0.15) is 11.1 Å². The summed E-state index contributed by atoms with van der Waals surface area (Å²) in [6.07, 6.45) is 5.50. The molecule has 6 heteroatoms. The van der Waals surface area contributed by atoms with Crippen LogP contribution < -0.4 is 5.32 Å². The summed E-state index contributed by atoms with van der Waals surface area (Å²) in [5, 5.41) is 3.64. The van der Waals surface area contributed by atoms with Crippen molar-refractivity contribution in [1.29, 1.82) is 0 Å². The summed E-state index contributed by atoms with van der Waals surface area (Å²) in [5.41, 5.74) is 2.28. The molecule has 0 aliphatic heterocycles. The maximum absolute atomic E-state index is 12.0. The molecule has 0 aliphatic rings. The van der Waals surface area contributed by atoms with Crippen LogP contribution >= 0.6 is 23.4 Å². The molecular formula is C19H18ClN3OS. The fourth-order valence-electron chi connectivity index (χ4n) is 2.28. The molecule has 1 aromatic heterocycles. The summed E-state index contributed by atoms with van der Waals surface area (Å²) >= 11 is 7.35. The van der Waals surface area contributed by atoms with E-state index < -0.39 is 0 Å². The predicted molar refractivity (Wildman–Crippen MR) is 102 cm³/mol. The van der Waals surface area contributed by atoms with E-state index in [4.69, 9.17) is 11.6 Å². The molecule has 0 saturated heterocycles. The van der Waals surface area contributed by atoms with Crippen molar-refractivity contribution in [3.05, 3.63) is 83.4 Å². The van der Waals surface area contributed by atoms with Crippen molar-refractivity contribution in [3.63, 3.8) is 0 Å². The van der Waals surface area contributed by atoms with Gasteiger partial charge in [-0.25, -0.2) is 4.98 Å². The normalized spacial score (nSPS) is 10.6. The number of nitrogens with zero attached hydrogens (tertiary/aromatic N) is 2. The molecule has 4 nitrogen and oxygen atoms in total. The predicted octanol–water partition coefficient (Wildman–Crippen LogP) is 3.99. The van der Waals surface area contributed by atoms with Crippen molar-refractivity contribution >= 4 is 29.3 Å². The van der Waals surface area contributed by atoms with Crippen LogP contribution in [-0.4, -0.2) is 21.2 Å². The van der Waals surface area contributed by atoms with Gasteiger partial charge in [-0.15, -0.1) is 11.8 Å². The molecule has 0 atom stereocenters. The van der Waals surface area contributed by atoms with Gasteiger partial charge in [0.05, 0.1) is 12.1 Å². The molecule has 0 spiro atoms. The average Bonchev–Trinajstić information content (AvgIpc) is 3.14.